The first-order valence-electron chi connectivity index (χ1n) is 11.0. The number of hydrogen-bond donors (Lipinski definition) is 0. The lowest BCUT2D eigenvalue weighted by Crippen LogP contribution is -2.50. The second kappa shape index (κ2) is 8.56. The van der Waals surface area contributed by atoms with E-state index >= 15 is 0 Å². The average Bonchev–Trinajstić information content (AvgIpc) is 2.83. The van der Waals surface area contributed by atoms with Crippen LogP contribution in [0, 0.1) is 0 Å². The third kappa shape index (κ3) is 3.98. The van der Waals surface area contributed by atoms with Crippen LogP contribution in [0.15, 0.2) is 66.7 Å². The Kier molecular flexibility index (Phi) is 5.61. The molecular formula is C25H26N2O4S. The monoisotopic (exact) mass is 450 g/mol. The van der Waals surface area contributed by atoms with E-state index in [-0.39, 0.29) is 24.5 Å². The van der Waals surface area contributed by atoms with Crippen molar-refractivity contribution in [2.24, 2.45) is 0 Å². The van der Waals surface area contributed by atoms with Gasteiger partial charge in [0.1, 0.15) is 6.61 Å². The lowest BCUT2D eigenvalue weighted by Gasteiger charge is -2.39. The molecule has 2 aliphatic rings. The van der Waals surface area contributed by atoms with Gasteiger partial charge in [0.15, 0.2) is 0 Å². The van der Waals surface area contributed by atoms with Crippen molar-refractivity contribution >= 4 is 32.6 Å². The number of carbonyl (C=O) groups is 1. The Morgan fingerprint density at radius 3 is 2.47 bits per heavy atom. The van der Waals surface area contributed by atoms with Crippen LogP contribution in [0.4, 0.5) is 10.5 Å². The molecule has 0 N–H and O–H groups in total. The standard InChI is InChI=1S/C25H26N2O4S/c28-25-27(24-11-4-2-7-21(24)18-31-25)22-12-15-26(16-13-22)32(29,30)17-14-20-9-5-8-19-6-1-3-10-23(19)20/h1-11,22H,12-18H2. The molecule has 3 aromatic rings. The van der Waals surface area contributed by atoms with Crippen molar-refractivity contribution in [1.82, 2.24) is 4.31 Å². The van der Waals surface area contributed by atoms with Crippen molar-refractivity contribution in [3.63, 3.8) is 0 Å². The predicted octanol–water partition coefficient (Wildman–Crippen LogP) is 4.33. The molecule has 2 aliphatic heterocycles. The van der Waals surface area contributed by atoms with Gasteiger partial charge in [-0.05, 0) is 41.7 Å². The molecule has 1 amide bonds. The number of cyclic esters (lactones) is 1. The molecule has 32 heavy (non-hydrogen) atoms. The first-order valence-corrected chi connectivity index (χ1v) is 12.6. The highest BCUT2D eigenvalue weighted by Crippen LogP contribution is 2.32. The zero-order chi connectivity index (χ0) is 22.1. The molecule has 166 valence electrons. The van der Waals surface area contributed by atoms with Gasteiger partial charge < -0.3 is 4.74 Å². The minimum atomic E-state index is -3.38. The summed E-state index contributed by atoms with van der Waals surface area (Å²) in [5.41, 5.74) is 2.91. The molecule has 0 aliphatic carbocycles. The normalized spacial score (nSPS) is 17.9. The van der Waals surface area contributed by atoms with Crippen LogP contribution >= 0.6 is 0 Å². The van der Waals surface area contributed by atoms with E-state index in [0.29, 0.717) is 32.4 Å². The van der Waals surface area contributed by atoms with Crippen LogP contribution in [-0.2, 0) is 27.8 Å². The maximum atomic E-state index is 13.1. The highest BCUT2D eigenvalue weighted by Gasteiger charge is 2.36. The van der Waals surface area contributed by atoms with Crippen molar-refractivity contribution in [2.75, 3.05) is 23.7 Å². The number of fused-ring (bicyclic) bond motifs is 2. The molecule has 1 saturated heterocycles. The van der Waals surface area contributed by atoms with Gasteiger partial charge in [-0.3, -0.25) is 4.90 Å². The fraction of sp³-hybridized carbons (Fsp3) is 0.320. The summed E-state index contributed by atoms with van der Waals surface area (Å²) in [4.78, 5) is 14.2. The first kappa shape index (κ1) is 21.0. The van der Waals surface area contributed by atoms with Crippen LogP contribution in [0.3, 0.4) is 0 Å². The Morgan fingerprint density at radius 1 is 0.906 bits per heavy atom. The number of para-hydroxylation sites is 1. The molecule has 0 bridgehead atoms. The number of sulfonamides is 1. The van der Waals surface area contributed by atoms with Gasteiger partial charge in [0.05, 0.1) is 11.4 Å². The summed E-state index contributed by atoms with van der Waals surface area (Å²) in [6.45, 7) is 1.11. The number of anilines is 1. The summed E-state index contributed by atoms with van der Waals surface area (Å²) in [6, 6.07) is 21.8. The fourth-order valence-corrected chi connectivity index (χ4v) is 6.28. The maximum absolute atomic E-state index is 13.1. The van der Waals surface area contributed by atoms with Gasteiger partial charge in [-0.1, -0.05) is 60.7 Å². The van der Waals surface area contributed by atoms with Crippen molar-refractivity contribution in [3.8, 4) is 0 Å². The highest BCUT2D eigenvalue weighted by atomic mass is 32.2. The van der Waals surface area contributed by atoms with Crippen molar-refractivity contribution in [2.45, 2.75) is 31.9 Å². The van der Waals surface area contributed by atoms with Gasteiger partial charge in [-0.2, -0.15) is 0 Å². The maximum Gasteiger partial charge on any atom is 0.414 e. The quantitative estimate of drug-likeness (QED) is 0.580. The Morgan fingerprint density at radius 2 is 1.62 bits per heavy atom. The highest BCUT2D eigenvalue weighted by molar-refractivity contribution is 7.89. The number of piperidine rings is 1. The fourth-order valence-electron chi connectivity index (χ4n) is 4.78. The second-order valence-corrected chi connectivity index (χ2v) is 10.5. The Balaban J connectivity index is 1.25. The van der Waals surface area contributed by atoms with E-state index in [1.54, 1.807) is 9.21 Å². The summed E-state index contributed by atoms with van der Waals surface area (Å²) in [5.74, 6) is 0.0836. The van der Waals surface area contributed by atoms with Crippen molar-refractivity contribution in [3.05, 3.63) is 77.9 Å². The molecule has 7 heteroatoms. The minimum Gasteiger partial charge on any atom is -0.444 e. The van der Waals surface area contributed by atoms with Crippen molar-refractivity contribution < 1.29 is 17.9 Å². The number of amides is 1. The lowest BCUT2D eigenvalue weighted by molar-refractivity contribution is 0.136. The second-order valence-electron chi connectivity index (χ2n) is 8.39. The van der Waals surface area contributed by atoms with Gasteiger partial charge in [0, 0.05) is 24.7 Å². The van der Waals surface area contributed by atoms with Gasteiger partial charge in [0.2, 0.25) is 10.0 Å². The molecule has 3 aromatic carbocycles. The number of nitrogens with zero attached hydrogens (tertiary/aromatic N) is 2. The van der Waals surface area contributed by atoms with Gasteiger partial charge in [-0.15, -0.1) is 0 Å². The molecule has 0 aromatic heterocycles. The summed E-state index contributed by atoms with van der Waals surface area (Å²) < 4.78 is 33.0. The third-order valence-electron chi connectivity index (χ3n) is 6.49. The Hall–Kier alpha value is -2.90. The van der Waals surface area contributed by atoms with E-state index in [0.717, 1.165) is 27.6 Å². The Bertz CT molecular complexity index is 1240. The molecule has 0 spiro atoms. The van der Waals surface area contributed by atoms with E-state index in [1.807, 2.05) is 66.7 Å². The largest absolute Gasteiger partial charge is 0.444 e. The van der Waals surface area contributed by atoms with E-state index in [1.165, 1.54) is 0 Å². The van der Waals surface area contributed by atoms with Crippen LogP contribution in [-0.4, -0.2) is 43.7 Å². The SMILES string of the molecule is O=C1OCc2ccccc2N1C1CCN(S(=O)(=O)CCc2cccc3ccccc23)CC1. The average molecular weight is 451 g/mol. The summed E-state index contributed by atoms with van der Waals surface area (Å²) in [5, 5.41) is 2.23. The zero-order valence-electron chi connectivity index (χ0n) is 17.8. The molecule has 5 rings (SSSR count). The number of carbonyl (C=O) groups excluding carboxylic acids is 1. The van der Waals surface area contributed by atoms with Crippen LogP contribution in [0.1, 0.15) is 24.0 Å². The molecule has 1 fully saturated rings. The van der Waals surface area contributed by atoms with Crippen LogP contribution in [0.25, 0.3) is 10.8 Å². The number of aryl methyl sites for hydroxylation is 1. The number of ether oxygens (including phenoxy) is 1. The van der Waals surface area contributed by atoms with Gasteiger partial charge in [-0.25, -0.2) is 17.5 Å². The number of hydrogen-bond acceptors (Lipinski definition) is 4. The van der Waals surface area contributed by atoms with Crippen LogP contribution in [0.5, 0.6) is 0 Å². The molecule has 0 unspecified atom stereocenters. The van der Waals surface area contributed by atoms with Crippen LogP contribution < -0.4 is 4.90 Å². The van der Waals surface area contributed by atoms with Crippen LogP contribution in [0.2, 0.25) is 0 Å². The molecule has 0 atom stereocenters. The van der Waals surface area contributed by atoms with E-state index in [9.17, 15) is 13.2 Å². The summed E-state index contributed by atoms with van der Waals surface area (Å²) >= 11 is 0. The first-order chi connectivity index (χ1) is 15.5. The van der Waals surface area contributed by atoms with Gasteiger partial charge >= 0.3 is 6.09 Å². The third-order valence-corrected chi connectivity index (χ3v) is 8.36. The van der Waals surface area contributed by atoms with E-state index in [4.69, 9.17) is 4.74 Å². The van der Waals surface area contributed by atoms with Crippen molar-refractivity contribution in [1.29, 1.82) is 0 Å². The topological polar surface area (TPSA) is 66.9 Å². The molecule has 2 heterocycles. The smallest absolute Gasteiger partial charge is 0.414 e. The molecular weight excluding hydrogens is 424 g/mol. The van der Waals surface area contributed by atoms with Gasteiger partial charge in [0.25, 0.3) is 0 Å². The summed E-state index contributed by atoms with van der Waals surface area (Å²) in [6.07, 6.45) is 1.32. The lowest BCUT2D eigenvalue weighted by atomic mass is 10.0. The number of rotatable bonds is 5. The van der Waals surface area contributed by atoms with E-state index < -0.39 is 10.0 Å². The van der Waals surface area contributed by atoms with E-state index in [2.05, 4.69) is 0 Å². The minimum absolute atomic E-state index is 0.0616. The summed E-state index contributed by atoms with van der Waals surface area (Å²) in [7, 11) is -3.38. The molecule has 6 nitrogen and oxygen atoms in total. The molecule has 0 saturated carbocycles. The zero-order valence-corrected chi connectivity index (χ0v) is 18.6. The Labute approximate surface area is 188 Å². The number of benzene rings is 3. The molecule has 0 radical (unpaired) electrons. The predicted molar refractivity (Wildman–Crippen MR) is 125 cm³/mol.